The monoisotopic (exact) mass is 354 g/mol. The molecule has 26 heavy (non-hydrogen) atoms. The van der Waals surface area contributed by atoms with Crippen molar-refractivity contribution in [2.24, 2.45) is 0 Å². The minimum Gasteiger partial charge on any atom is -0.370 e. The number of para-hydroxylation sites is 1. The lowest BCUT2D eigenvalue weighted by molar-refractivity contribution is -0.899. The van der Waals surface area contributed by atoms with Gasteiger partial charge in [0.1, 0.15) is 13.1 Å². The van der Waals surface area contributed by atoms with Crippen LogP contribution in [0, 0.1) is 0 Å². The molecular weight excluding hydrogens is 330 g/mol. The van der Waals surface area contributed by atoms with E-state index >= 15 is 0 Å². The van der Waals surface area contributed by atoms with Crippen LogP contribution in [0.15, 0.2) is 54.6 Å². The molecular formula is C20H24N3O3+. The van der Waals surface area contributed by atoms with Gasteiger partial charge in [0.2, 0.25) is 0 Å². The standard InChI is InChI=1S/C20H23N3O3/c24-19(15-23-10-12-26-13-11-23)22-18-9-5-4-8-17(18)20(25)21-14-16-6-2-1-3-7-16/h1-9H,10-15H2,(H,21,25)(H,22,24)/p+1. The highest BCUT2D eigenvalue weighted by atomic mass is 16.5. The van der Waals surface area contributed by atoms with Crippen LogP contribution in [0.1, 0.15) is 15.9 Å². The first-order chi connectivity index (χ1) is 12.7. The fourth-order valence-electron chi connectivity index (χ4n) is 2.92. The van der Waals surface area contributed by atoms with Crippen molar-refractivity contribution in [3.05, 3.63) is 65.7 Å². The van der Waals surface area contributed by atoms with Crippen LogP contribution in [0.5, 0.6) is 0 Å². The molecule has 0 radical (unpaired) electrons. The number of nitrogens with one attached hydrogen (secondary N) is 3. The summed E-state index contributed by atoms with van der Waals surface area (Å²) in [6.45, 7) is 3.84. The Bertz CT molecular complexity index is 743. The van der Waals surface area contributed by atoms with Gasteiger partial charge in [0.25, 0.3) is 11.8 Å². The quantitative estimate of drug-likeness (QED) is 0.706. The largest absolute Gasteiger partial charge is 0.370 e. The Morgan fingerprint density at radius 1 is 0.962 bits per heavy atom. The van der Waals surface area contributed by atoms with Crippen molar-refractivity contribution >= 4 is 17.5 Å². The van der Waals surface area contributed by atoms with E-state index < -0.39 is 0 Å². The first-order valence-electron chi connectivity index (χ1n) is 8.84. The maximum atomic E-state index is 12.5. The molecule has 0 saturated carbocycles. The van der Waals surface area contributed by atoms with Crippen molar-refractivity contribution in [3.63, 3.8) is 0 Å². The van der Waals surface area contributed by atoms with Gasteiger partial charge in [-0.3, -0.25) is 9.59 Å². The highest BCUT2D eigenvalue weighted by molar-refractivity contribution is 6.03. The smallest absolute Gasteiger partial charge is 0.279 e. The van der Waals surface area contributed by atoms with Gasteiger partial charge in [-0.15, -0.1) is 0 Å². The van der Waals surface area contributed by atoms with Crippen LogP contribution < -0.4 is 15.5 Å². The maximum Gasteiger partial charge on any atom is 0.279 e. The maximum absolute atomic E-state index is 12.5. The number of carbonyl (C=O) groups excluding carboxylic acids is 2. The molecule has 0 aliphatic carbocycles. The van der Waals surface area contributed by atoms with Crippen molar-refractivity contribution in [1.29, 1.82) is 0 Å². The summed E-state index contributed by atoms with van der Waals surface area (Å²) in [6.07, 6.45) is 0. The van der Waals surface area contributed by atoms with Crippen LogP contribution in [0.4, 0.5) is 5.69 Å². The molecule has 1 aliphatic heterocycles. The lowest BCUT2D eigenvalue weighted by atomic mass is 10.1. The van der Waals surface area contributed by atoms with Crippen LogP contribution in [0.2, 0.25) is 0 Å². The molecule has 6 heteroatoms. The highest BCUT2D eigenvalue weighted by Crippen LogP contribution is 2.15. The summed E-state index contributed by atoms with van der Waals surface area (Å²) in [7, 11) is 0. The van der Waals surface area contributed by atoms with E-state index in [-0.39, 0.29) is 11.8 Å². The first kappa shape index (κ1) is 18.1. The summed E-state index contributed by atoms with van der Waals surface area (Å²) in [5.41, 5.74) is 2.03. The van der Waals surface area contributed by atoms with Crippen molar-refractivity contribution < 1.29 is 19.2 Å². The number of hydrogen-bond donors (Lipinski definition) is 3. The second kappa shape index (κ2) is 9.12. The summed E-state index contributed by atoms with van der Waals surface area (Å²) in [5.74, 6) is -0.298. The van der Waals surface area contributed by atoms with E-state index in [0.717, 1.165) is 18.7 Å². The molecule has 0 bridgehead atoms. The second-order valence-corrected chi connectivity index (χ2v) is 6.30. The molecule has 0 atom stereocenters. The van der Waals surface area contributed by atoms with Crippen LogP contribution in [0.3, 0.4) is 0 Å². The van der Waals surface area contributed by atoms with Gasteiger partial charge in [-0.1, -0.05) is 42.5 Å². The van der Waals surface area contributed by atoms with Gasteiger partial charge >= 0.3 is 0 Å². The molecule has 2 aromatic rings. The van der Waals surface area contributed by atoms with Crippen molar-refractivity contribution in [2.45, 2.75) is 6.54 Å². The van der Waals surface area contributed by atoms with Crippen LogP contribution >= 0.6 is 0 Å². The number of amides is 2. The van der Waals surface area contributed by atoms with Crippen molar-refractivity contribution in [2.75, 3.05) is 38.2 Å². The summed E-state index contributed by atoms with van der Waals surface area (Å²) in [6, 6.07) is 16.8. The molecule has 2 aromatic carbocycles. The van der Waals surface area contributed by atoms with Gasteiger partial charge in [0, 0.05) is 6.54 Å². The average molecular weight is 354 g/mol. The first-order valence-corrected chi connectivity index (χ1v) is 8.84. The predicted molar refractivity (Wildman–Crippen MR) is 99.1 cm³/mol. The number of morpholine rings is 1. The van der Waals surface area contributed by atoms with E-state index in [1.54, 1.807) is 18.2 Å². The van der Waals surface area contributed by atoms with Gasteiger partial charge in [0.05, 0.1) is 24.5 Å². The lowest BCUT2D eigenvalue weighted by Gasteiger charge is -2.23. The molecule has 1 heterocycles. The Morgan fingerprint density at radius 3 is 2.42 bits per heavy atom. The van der Waals surface area contributed by atoms with Crippen LogP contribution in [0.25, 0.3) is 0 Å². The fraction of sp³-hybridized carbons (Fsp3) is 0.300. The fourth-order valence-corrected chi connectivity index (χ4v) is 2.92. The van der Waals surface area contributed by atoms with Gasteiger partial charge < -0.3 is 20.3 Å². The zero-order valence-electron chi connectivity index (χ0n) is 14.7. The molecule has 136 valence electrons. The van der Waals surface area contributed by atoms with Crippen LogP contribution in [-0.2, 0) is 16.1 Å². The molecule has 3 N–H and O–H groups in total. The predicted octanol–water partition coefficient (Wildman–Crippen LogP) is 0.470. The SMILES string of the molecule is O=C(C[NH+]1CCOCC1)Nc1ccccc1C(=O)NCc1ccccc1. The van der Waals surface area contributed by atoms with E-state index in [0.29, 0.717) is 37.6 Å². The lowest BCUT2D eigenvalue weighted by Crippen LogP contribution is -3.15. The number of carbonyl (C=O) groups is 2. The van der Waals surface area contributed by atoms with Gasteiger partial charge in [-0.05, 0) is 17.7 Å². The Hall–Kier alpha value is -2.70. The van der Waals surface area contributed by atoms with E-state index in [1.807, 2.05) is 36.4 Å². The summed E-state index contributed by atoms with van der Waals surface area (Å²) < 4.78 is 5.31. The number of quaternary nitrogens is 1. The number of benzene rings is 2. The van der Waals surface area contributed by atoms with Gasteiger partial charge in [0.15, 0.2) is 6.54 Å². The molecule has 1 fully saturated rings. The molecule has 2 amide bonds. The molecule has 0 aromatic heterocycles. The molecule has 1 aliphatic rings. The Balaban J connectivity index is 1.59. The molecule has 1 saturated heterocycles. The van der Waals surface area contributed by atoms with E-state index in [2.05, 4.69) is 10.6 Å². The minimum atomic E-state index is -0.205. The van der Waals surface area contributed by atoms with E-state index in [1.165, 1.54) is 4.90 Å². The highest BCUT2D eigenvalue weighted by Gasteiger charge is 2.19. The Kier molecular flexibility index (Phi) is 6.35. The van der Waals surface area contributed by atoms with Crippen molar-refractivity contribution in [1.82, 2.24) is 5.32 Å². The Morgan fingerprint density at radius 2 is 1.65 bits per heavy atom. The van der Waals surface area contributed by atoms with Gasteiger partial charge in [-0.25, -0.2) is 0 Å². The molecule has 3 rings (SSSR count). The van der Waals surface area contributed by atoms with Crippen LogP contribution in [-0.4, -0.2) is 44.7 Å². The second-order valence-electron chi connectivity index (χ2n) is 6.30. The molecule has 6 nitrogen and oxygen atoms in total. The number of anilines is 1. The third kappa shape index (κ3) is 5.15. The summed E-state index contributed by atoms with van der Waals surface area (Å²) in [4.78, 5) is 26.1. The third-order valence-electron chi connectivity index (χ3n) is 4.35. The minimum absolute atomic E-state index is 0.0924. The van der Waals surface area contributed by atoms with E-state index in [9.17, 15) is 9.59 Å². The number of rotatable bonds is 6. The molecule has 0 spiro atoms. The number of ether oxygens (including phenoxy) is 1. The third-order valence-corrected chi connectivity index (χ3v) is 4.35. The molecule has 0 unspecified atom stereocenters. The summed E-state index contributed by atoms with van der Waals surface area (Å²) in [5, 5.41) is 5.77. The normalized spacial score (nSPS) is 14.6. The van der Waals surface area contributed by atoms with Crippen molar-refractivity contribution in [3.8, 4) is 0 Å². The topological polar surface area (TPSA) is 71.9 Å². The summed E-state index contributed by atoms with van der Waals surface area (Å²) >= 11 is 0. The zero-order chi connectivity index (χ0) is 18.2. The Labute approximate surface area is 153 Å². The zero-order valence-corrected chi connectivity index (χ0v) is 14.7. The number of hydrogen-bond acceptors (Lipinski definition) is 3. The average Bonchev–Trinajstić information content (AvgIpc) is 2.68. The van der Waals surface area contributed by atoms with Gasteiger partial charge in [-0.2, -0.15) is 0 Å². The van der Waals surface area contributed by atoms with E-state index in [4.69, 9.17) is 4.74 Å².